The van der Waals surface area contributed by atoms with Crippen LogP contribution in [0.4, 0.5) is 0 Å². The smallest absolute Gasteiger partial charge is 0.303 e. The molecule has 0 amide bonds. The zero-order chi connectivity index (χ0) is 13.3. The molecular weight excluding hydrogens is 243 g/mol. The number of carboxylic acid groups (broad SMARTS) is 2. The highest BCUT2D eigenvalue weighted by Crippen LogP contribution is 2.47. The van der Waals surface area contributed by atoms with Crippen LogP contribution in [0.25, 0.3) is 0 Å². The normalized spacial score (nSPS) is 11.4. The van der Waals surface area contributed by atoms with Gasteiger partial charge in [-0.3, -0.25) is 9.59 Å². The molecule has 0 rings (SSSR count). The Labute approximate surface area is 102 Å². The fraction of sp³-hybridized carbons (Fsp3) is 0.818. The number of aliphatic carboxylic acids is 2. The van der Waals surface area contributed by atoms with E-state index in [2.05, 4.69) is 0 Å². The Balaban J connectivity index is 4.28. The molecule has 0 aliphatic carbocycles. The Kier molecular flexibility index (Phi) is 7.88. The molecule has 0 spiro atoms. The van der Waals surface area contributed by atoms with Crippen molar-refractivity contribution in [1.29, 1.82) is 0 Å². The van der Waals surface area contributed by atoms with Gasteiger partial charge in [-0.25, -0.2) is 0 Å². The van der Waals surface area contributed by atoms with E-state index in [1.807, 2.05) is 6.92 Å². The van der Waals surface area contributed by atoms with Gasteiger partial charge in [0.05, 0.1) is 20.0 Å². The van der Waals surface area contributed by atoms with Gasteiger partial charge in [0.25, 0.3) is 0 Å². The van der Waals surface area contributed by atoms with Gasteiger partial charge >= 0.3 is 11.9 Å². The molecule has 6 heteroatoms. The third-order valence-corrected chi connectivity index (χ3v) is 5.84. The van der Waals surface area contributed by atoms with Gasteiger partial charge in [-0.2, -0.15) is 0 Å². The fourth-order valence-electron chi connectivity index (χ4n) is 1.58. The van der Waals surface area contributed by atoms with Crippen molar-refractivity contribution in [1.82, 2.24) is 0 Å². The predicted octanol–water partition coefficient (Wildman–Crippen LogP) is 2.49. The number of hydrogen-bond donors (Lipinski definition) is 2. The molecule has 0 aromatic carbocycles. The molecule has 0 heterocycles. The first-order chi connectivity index (χ1) is 7.89. The average Bonchev–Trinajstić information content (AvgIpc) is 2.24. The highest BCUT2D eigenvalue weighted by atomic mass is 31.2. The largest absolute Gasteiger partial charge is 0.481 e. The van der Waals surface area contributed by atoms with E-state index in [0.29, 0.717) is 6.16 Å². The van der Waals surface area contributed by atoms with Crippen LogP contribution in [0.2, 0.25) is 0 Å². The summed E-state index contributed by atoms with van der Waals surface area (Å²) in [6, 6.07) is 0. The van der Waals surface area contributed by atoms with E-state index in [1.165, 1.54) is 0 Å². The second-order valence-corrected chi connectivity index (χ2v) is 7.68. The van der Waals surface area contributed by atoms with E-state index in [9.17, 15) is 14.2 Å². The van der Waals surface area contributed by atoms with Crippen LogP contribution in [0, 0.1) is 0 Å². The molecule has 0 atom stereocenters. The second-order valence-electron chi connectivity index (χ2n) is 4.22. The lowest BCUT2D eigenvalue weighted by molar-refractivity contribution is -0.137. The molecule has 100 valence electrons. The summed E-state index contributed by atoms with van der Waals surface area (Å²) in [5.41, 5.74) is 0. The second kappa shape index (κ2) is 8.29. The third kappa shape index (κ3) is 8.93. The van der Waals surface area contributed by atoms with Crippen LogP contribution in [0.1, 0.15) is 39.0 Å². The average molecular weight is 264 g/mol. The van der Waals surface area contributed by atoms with Crippen LogP contribution in [-0.2, 0) is 14.2 Å². The SMILES string of the molecule is CCCCCP(=O)(CCC(=O)O)CCC(=O)O. The molecule has 0 saturated heterocycles. The van der Waals surface area contributed by atoms with Gasteiger partial charge < -0.3 is 14.8 Å². The van der Waals surface area contributed by atoms with Crippen molar-refractivity contribution in [3.05, 3.63) is 0 Å². The first-order valence-electron chi connectivity index (χ1n) is 5.90. The van der Waals surface area contributed by atoms with Crippen molar-refractivity contribution in [2.75, 3.05) is 18.5 Å². The van der Waals surface area contributed by atoms with E-state index < -0.39 is 19.1 Å². The number of rotatable bonds is 10. The summed E-state index contributed by atoms with van der Waals surface area (Å²) < 4.78 is 12.4. The lowest BCUT2D eigenvalue weighted by Gasteiger charge is -2.16. The third-order valence-electron chi connectivity index (χ3n) is 2.64. The minimum absolute atomic E-state index is 0.124. The summed E-state index contributed by atoms with van der Waals surface area (Å²) in [6.45, 7) is 2.03. The Morgan fingerprint density at radius 2 is 1.41 bits per heavy atom. The van der Waals surface area contributed by atoms with Gasteiger partial charge in [0.15, 0.2) is 0 Å². The standard InChI is InChI=1S/C11H21O5P/c1-2-3-4-7-17(16,8-5-10(12)13)9-6-11(14)15/h2-9H2,1H3,(H,12,13)(H,14,15). The van der Waals surface area contributed by atoms with Crippen LogP contribution in [0.15, 0.2) is 0 Å². The lowest BCUT2D eigenvalue weighted by Crippen LogP contribution is -2.08. The van der Waals surface area contributed by atoms with E-state index in [-0.39, 0.29) is 25.2 Å². The maximum atomic E-state index is 12.4. The van der Waals surface area contributed by atoms with Gasteiger partial charge in [-0.1, -0.05) is 19.8 Å². The lowest BCUT2D eigenvalue weighted by atomic mass is 10.3. The van der Waals surface area contributed by atoms with Crippen molar-refractivity contribution in [3.63, 3.8) is 0 Å². The summed E-state index contributed by atoms with van der Waals surface area (Å²) in [4.78, 5) is 21.0. The molecule has 0 unspecified atom stereocenters. The fourth-order valence-corrected chi connectivity index (χ4v) is 4.25. The minimum atomic E-state index is -2.62. The predicted molar refractivity (Wildman–Crippen MR) is 66.2 cm³/mol. The van der Waals surface area contributed by atoms with Crippen LogP contribution in [0.3, 0.4) is 0 Å². The molecule has 0 saturated carbocycles. The van der Waals surface area contributed by atoms with Crippen LogP contribution in [-0.4, -0.2) is 40.6 Å². The summed E-state index contributed by atoms with van der Waals surface area (Å²) in [6.07, 6.45) is 3.18. The van der Waals surface area contributed by atoms with E-state index in [0.717, 1.165) is 19.3 Å². The van der Waals surface area contributed by atoms with Gasteiger partial charge in [0, 0.05) is 18.5 Å². The number of carbonyl (C=O) groups is 2. The molecule has 0 fully saturated rings. The number of hydrogen-bond acceptors (Lipinski definition) is 3. The van der Waals surface area contributed by atoms with Crippen LogP contribution >= 0.6 is 7.14 Å². The minimum Gasteiger partial charge on any atom is -0.481 e. The van der Waals surface area contributed by atoms with Crippen LogP contribution in [0.5, 0.6) is 0 Å². The topological polar surface area (TPSA) is 91.7 Å². The van der Waals surface area contributed by atoms with Crippen molar-refractivity contribution < 1.29 is 24.4 Å². The van der Waals surface area contributed by atoms with Crippen molar-refractivity contribution in [2.45, 2.75) is 39.0 Å². The van der Waals surface area contributed by atoms with Gasteiger partial charge in [0.1, 0.15) is 0 Å². The summed E-state index contributed by atoms with van der Waals surface area (Å²) >= 11 is 0. The molecular formula is C11H21O5P. The zero-order valence-corrected chi connectivity index (χ0v) is 11.1. The molecule has 0 aromatic rings. The Hall–Kier alpha value is -0.830. The molecule has 0 aliphatic heterocycles. The maximum Gasteiger partial charge on any atom is 0.303 e. The molecule has 2 N–H and O–H groups in total. The summed E-state index contributed by atoms with van der Waals surface area (Å²) in [7, 11) is -2.62. The Bertz CT molecular complexity index is 278. The molecule has 17 heavy (non-hydrogen) atoms. The van der Waals surface area contributed by atoms with E-state index in [4.69, 9.17) is 10.2 Å². The molecule has 5 nitrogen and oxygen atoms in total. The van der Waals surface area contributed by atoms with Gasteiger partial charge in [-0.05, 0) is 6.42 Å². The van der Waals surface area contributed by atoms with Crippen molar-refractivity contribution >= 4 is 19.1 Å². The summed E-state index contributed by atoms with van der Waals surface area (Å²) in [5.74, 6) is -1.95. The van der Waals surface area contributed by atoms with Crippen molar-refractivity contribution in [3.8, 4) is 0 Å². The number of unbranched alkanes of at least 4 members (excludes halogenated alkanes) is 2. The Morgan fingerprint density at radius 3 is 1.76 bits per heavy atom. The number of carboxylic acids is 2. The monoisotopic (exact) mass is 264 g/mol. The Morgan fingerprint density at radius 1 is 0.941 bits per heavy atom. The molecule has 0 aromatic heterocycles. The first kappa shape index (κ1) is 16.2. The zero-order valence-electron chi connectivity index (χ0n) is 10.2. The summed E-state index contributed by atoms with van der Waals surface area (Å²) in [5, 5.41) is 17.2. The first-order valence-corrected chi connectivity index (χ1v) is 8.16. The van der Waals surface area contributed by atoms with Crippen molar-refractivity contribution in [2.24, 2.45) is 0 Å². The molecule has 0 radical (unpaired) electrons. The van der Waals surface area contributed by atoms with Gasteiger partial charge in [-0.15, -0.1) is 0 Å². The van der Waals surface area contributed by atoms with E-state index >= 15 is 0 Å². The molecule has 0 aliphatic rings. The maximum absolute atomic E-state index is 12.4. The highest BCUT2D eigenvalue weighted by Gasteiger charge is 2.23. The quantitative estimate of drug-likeness (QED) is 0.467. The highest BCUT2D eigenvalue weighted by molar-refractivity contribution is 7.63. The van der Waals surface area contributed by atoms with E-state index in [1.54, 1.807) is 0 Å². The van der Waals surface area contributed by atoms with Gasteiger partial charge in [0.2, 0.25) is 0 Å². The van der Waals surface area contributed by atoms with Crippen LogP contribution < -0.4 is 0 Å². The molecule has 0 bridgehead atoms.